The van der Waals surface area contributed by atoms with E-state index in [1.54, 1.807) is 0 Å². The second kappa shape index (κ2) is 21.8. The van der Waals surface area contributed by atoms with Gasteiger partial charge in [0.1, 0.15) is 0 Å². The molecule has 0 aliphatic carbocycles. The van der Waals surface area contributed by atoms with E-state index in [1.165, 1.54) is 132 Å². The summed E-state index contributed by atoms with van der Waals surface area (Å²) in [7, 11) is 0. The zero-order chi connectivity index (χ0) is 71.1. The van der Waals surface area contributed by atoms with Gasteiger partial charge < -0.3 is 18.6 Å². The van der Waals surface area contributed by atoms with Gasteiger partial charge in [-0.05, 0) is 204 Å². The van der Waals surface area contributed by atoms with Gasteiger partial charge in [-0.3, -0.25) is 0 Å². The van der Waals surface area contributed by atoms with Crippen LogP contribution in [0, 0.1) is 0 Å². The highest BCUT2D eigenvalue weighted by Crippen LogP contribution is 2.58. The first-order chi connectivity index (χ1) is 53.9. The third-order valence-electron chi connectivity index (χ3n) is 25.3. The third-order valence-corrected chi connectivity index (χ3v) is 25.3. The molecule has 0 N–H and O–H groups in total. The Balaban J connectivity index is 0.853. The first-order valence-electron chi connectivity index (χ1n) is 38.1. The molecule has 0 saturated heterocycles. The van der Waals surface area contributed by atoms with Crippen LogP contribution in [0.15, 0.2) is 364 Å². The quantitative estimate of drug-likeness (QED) is 0.154. The SMILES string of the molecule is CC12c3ccc(cc3)-c3cc(-c4ccccc4)cc(-c4ccccc4)c3N3c4cc(-c5cc6c7ccccc7n7c8ccccc8c(c5)c67)ccc4B4c5ccc(-c6cc7c8ccccc8n8c9ccccc9c(c6)c78)cc5N(c5cc1cc3c54)c1c(-c3ccccc3)cc(-c3ccccc3)cc1-c1ccc2cc1. The van der Waals surface area contributed by atoms with Crippen LogP contribution in [-0.2, 0) is 5.41 Å². The Morgan fingerprint density at radius 1 is 0.220 bits per heavy atom. The van der Waals surface area contributed by atoms with Crippen LogP contribution >= 0.6 is 0 Å². The normalized spacial score (nSPS) is 13.6. The van der Waals surface area contributed by atoms with Crippen LogP contribution in [0.3, 0.4) is 0 Å². The average Bonchev–Trinajstić information content (AvgIpc) is 1.56. The van der Waals surface area contributed by atoms with E-state index in [2.05, 4.69) is 390 Å². The number of aromatic nitrogens is 2. The number of benzene rings is 17. The van der Waals surface area contributed by atoms with E-state index in [0.29, 0.717) is 0 Å². The molecule has 6 aliphatic heterocycles. The summed E-state index contributed by atoms with van der Waals surface area (Å²) in [6.45, 7) is 2.26. The topological polar surface area (TPSA) is 15.3 Å². The minimum Gasteiger partial charge on any atom is -0.310 e. The standard InChI is InChI=1S/C104H63BN4/c1-104-74-44-38-66(39-45-74)83-52-70(62-22-6-2-7-23-62)50-81(64-26-10-4-11-27-64)100(83)108-95-58-68(72-54-85-77-30-14-18-34-91(77)106-92-35-19-15-31-78(92)86(55-72)102(85)106)42-48-89(95)105-90-49-43-69(73-56-87-79-32-16-20-36-93(79)107-94-37-21-17-33-80(94)88(57-73)103(87)107)59-96(90)109(98-61-76(104)60-97(108)99(98)105)101-82(65-28-12-5-13-29-65)51-71(63-24-8-3-9-25-63)53-84(101)67-40-46-75(104)47-41-67/h2-61H,1H3. The molecule has 109 heavy (non-hydrogen) atoms. The molecule has 0 unspecified atom stereocenters. The number of hydrogen-bond acceptors (Lipinski definition) is 2. The second-order valence-electron chi connectivity index (χ2n) is 30.7. The molecule has 27 rings (SSSR count). The molecule has 10 heterocycles. The summed E-state index contributed by atoms with van der Waals surface area (Å²) in [4.78, 5) is 5.51. The van der Waals surface area contributed by atoms with E-state index >= 15 is 0 Å². The summed E-state index contributed by atoms with van der Waals surface area (Å²) in [5, 5.41) is 10.1. The predicted octanol–water partition coefficient (Wildman–Crippen LogP) is 25.4. The van der Waals surface area contributed by atoms with Crippen LogP contribution in [0.25, 0.3) is 165 Å². The number of para-hydroxylation sites is 4. The number of rotatable bonds is 6. The van der Waals surface area contributed by atoms with Gasteiger partial charge in [-0.25, -0.2) is 0 Å². The van der Waals surface area contributed by atoms with Crippen molar-refractivity contribution in [3.8, 4) is 89.0 Å². The van der Waals surface area contributed by atoms with E-state index in [-0.39, 0.29) is 6.71 Å². The summed E-state index contributed by atoms with van der Waals surface area (Å²) in [6, 6.07) is 140. The van der Waals surface area contributed by atoms with Crippen LogP contribution in [0.1, 0.15) is 23.6 Å². The van der Waals surface area contributed by atoms with Crippen LogP contribution in [-0.4, -0.2) is 15.5 Å². The van der Waals surface area contributed by atoms with Crippen molar-refractivity contribution in [2.45, 2.75) is 12.3 Å². The Morgan fingerprint density at radius 3 is 0.862 bits per heavy atom. The molecule has 4 aromatic heterocycles. The predicted molar refractivity (Wildman–Crippen MR) is 459 cm³/mol. The van der Waals surface area contributed by atoms with E-state index in [4.69, 9.17) is 0 Å². The molecule has 17 aromatic carbocycles. The summed E-state index contributed by atoms with van der Waals surface area (Å²) >= 11 is 0. The minimum atomic E-state index is -0.678. The highest BCUT2D eigenvalue weighted by molar-refractivity contribution is 7.00. The molecular weight excluding hydrogens is 1320 g/mol. The van der Waals surface area contributed by atoms with Crippen molar-refractivity contribution in [3.63, 3.8) is 0 Å². The Morgan fingerprint density at radius 2 is 0.514 bits per heavy atom. The van der Waals surface area contributed by atoms with Gasteiger partial charge >= 0.3 is 0 Å². The fourth-order valence-corrected chi connectivity index (χ4v) is 20.3. The van der Waals surface area contributed by atoms with E-state index < -0.39 is 5.41 Å². The molecule has 502 valence electrons. The van der Waals surface area contributed by atoms with Crippen molar-refractivity contribution in [3.05, 3.63) is 381 Å². The Labute approximate surface area is 629 Å². The van der Waals surface area contributed by atoms with Crippen molar-refractivity contribution in [1.29, 1.82) is 0 Å². The Hall–Kier alpha value is -14.0. The minimum absolute atomic E-state index is 0.239. The number of hydrogen-bond donors (Lipinski definition) is 0. The molecule has 21 aromatic rings. The molecule has 4 nitrogen and oxygen atoms in total. The lowest BCUT2D eigenvalue weighted by molar-refractivity contribution is 0.693. The Bertz CT molecular complexity index is 6860. The molecule has 0 saturated carbocycles. The van der Waals surface area contributed by atoms with Gasteiger partial charge in [0.15, 0.2) is 0 Å². The zero-order valence-corrected chi connectivity index (χ0v) is 59.5. The summed E-state index contributed by atoms with van der Waals surface area (Å²) < 4.78 is 4.99. The fraction of sp³-hybridized carbons (Fsp3) is 0.0192. The number of fused-ring (bicyclic) bond motifs is 20. The molecule has 7 bridgehead atoms. The molecule has 0 amide bonds. The Kier molecular flexibility index (Phi) is 11.9. The number of nitrogens with zero attached hydrogens (tertiary/aromatic N) is 4. The first kappa shape index (κ1) is 59.3. The van der Waals surface area contributed by atoms with Gasteiger partial charge in [0.25, 0.3) is 6.71 Å². The van der Waals surface area contributed by atoms with Gasteiger partial charge in [-0.2, -0.15) is 0 Å². The van der Waals surface area contributed by atoms with Crippen molar-refractivity contribution < 1.29 is 0 Å². The molecule has 0 radical (unpaired) electrons. The maximum atomic E-state index is 2.75. The molecule has 0 spiro atoms. The van der Waals surface area contributed by atoms with Crippen LogP contribution in [0.2, 0.25) is 0 Å². The second-order valence-corrected chi connectivity index (χ2v) is 30.7. The van der Waals surface area contributed by atoms with Crippen molar-refractivity contribution in [2.75, 3.05) is 9.80 Å². The third kappa shape index (κ3) is 8.07. The lowest BCUT2D eigenvalue weighted by Gasteiger charge is -2.46. The van der Waals surface area contributed by atoms with E-state index in [1.807, 2.05) is 0 Å². The lowest BCUT2D eigenvalue weighted by atomic mass is 9.33. The summed E-state index contributed by atoms with van der Waals surface area (Å²) in [6.07, 6.45) is 0. The smallest absolute Gasteiger partial charge is 0.252 e. The molecular formula is C104H63BN4. The van der Waals surface area contributed by atoms with Crippen LogP contribution in [0.5, 0.6) is 0 Å². The molecule has 0 fully saturated rings. The molecule has 6 aliphatic rings. The molecule has 0 atom stereocenters. The van der Waals surface area contributed by atoms with Crippen LogP contribution in [0.4, 0.5) is 34.1 Å². The van der Waals surface area contributed by atoms with Crippen LogP contribution < -0.4 is 26.2 Å². The fourth-order valence-electron chi connectivity index (χ4n) is 20.3. The summed E-state index contributed by atoms with van der Waals surface area (Å²) in [5.74, 6) is 0. The maximum absolute atomic E-state index is 2.75. The average molecular weight is 1380 g/mol. The van der Waals surface area contributed by atoms with Gasteiger partial charge in [-0.15, -0.1) is 0 Å². The first-order valence-corrected chi connectivity index (χ1v) is 38.1. The van der Waals surface area contributed by atoms with Gasteiger partial charge in [-0.1, -0.05) is 267 Å². The molecule has 5 heteroatoms. The van der Waals surface area contributed by atoms with Gasteiger partial charge in [0.05, 0.1) is 44.5 Å². The highest BCUT2D eigenvalue weighted by Gasteiger charge is 2.48. The zero-order valence-electron chi connectivity index (χ0n) is 59.5. The lowest BCUT2D eigenvalue weighted by Crippen LogP contribution is -2.61. The van der Waals surface area contributed by atoms with Gasteiger partial charge in [0, 0.05) is 93.5 Å². The van der Waals surface area contributed by atoms with Crippen molar-refractivity contribution >= 4 is 133 Å². The van der Waals surface area contributed by atoms with Crippen molar-refractivity contribution in [2.24, 2.45) is 0 Å². The summed E-state index contributed by atoms with van der Waals surface area (Å²) in [5.41, 5.74) is 39.6. The van der Waals surface area contributed by atoms with Crippen molar-refractivity contribution in [1.82, 2.24) is 8.80 Å². The van der Waals surface area contributed by atoms with E-state index in [9.17, 15) is 0 Å². The number of anilines is 6. The maximum Gasteiger partial charge on any atom is 0.252 e. The highest BCUT2D eigenvalue weighted by atomic mass is 15.2. The van der Waals surface area contributed by atoms with E-state index in [0.717, 1.165) is 101 Å². The monoisotopic (exact) mass is 1380 g/mol. The largest absolute Gasteiger partial charge is 0.310 e. The van der Waals surface area contributed by atoms with Gasteiger partial charge in [0.2, 0.25) is 0 Å².